The summed E-state index contributed by atoms with van der Waals surface area (Å²) in [4.78, 5) is 39.4. The average molecular weight is 490 g/mol. The lowest BCUT2D eigenvalue weighted by Crippen LogP contribution is -2.33. The Morgan fingerprint density at radius 2 is 2.00 bits per heavy atom. The van der Waals surface area contributed by atoms with Crippen molar-refractivity contribution in [1.82, 2.24) is 30.0 Å². The number of pyridine rings is 1. The van der Waals surface area contributed by atoms with E-state index in [2.05, 4.69) is 30.7 Å². The normalized spacial score (nSPS) is 14.1. The maximum absolute atomic E-state index is 14.4. The van der Waals surface area contributed by atoms with Crippen LogP contribution in [0.4, 0.5) is 10.2 Å². The van der Waals surface area contributed by atoms with Gasteiger partial charge < -0.3 is 15.4 Å². The quantitative estimate of drug-likeness (QED) is 0.383. The first-order valence-corrected chi connectivity index (χ1v) is 11.4. The molecule has 11 heteroatoms. The number of hydrogen-bond donors (Lipinski definition) is 2. The Balaban J connectivity index is 1.65. The molecule has 0 bridgehead atoms. The fraction of sp³-hybridized carbons (Fsp3) is 0.280. The van der Waals surface area contributed by atoms with Gasteiger partial charge in [0.25, 0.3) is 5.91 Å². The third-order valence-corrected chi connectivity index (χ3v) is 6.14. The lowest BCUT2D eigenvalue weighted by Gasteiger charge is -2.18. The van der Waals surface area contributed by atoms with E-state index in [0.29, 0.717) is 34.5 Å². The Bertz CT molecular complexity index is 1500. The Hall–Kier alpha value is -4.25. The molecular formula is C25H24FN7O3. The summed E-state index contributed by atoms with van der Waals surface area (Å²) in [5.41, 5.74) is 0.809. The first kappa shape index (κ1) is 23.5. The van der Waals surface area contributed by atoms with E-state index in [1.807, 2.05) is 0 Å². The van der Waals surface area contributed by atoms with Crippen molar-refractivity contribution in [2.24, 2.45) is 0 Å². The molecule has 0 unspecified atom stereocenters. The molecule has 4 aromatic rings. The Morgan fingerprint density at radius 3 is 2.78 bits per heavy atom. The smallest absolute Gasteiger partial charge is 0.270 e. The number of anilines is 1. The third kappa shape index (κ3) is 3.97. The lowest BCUT2D eigenvalue weighted by molar-refractivity contribution is -0.119. The zero-order valence-electron chi connectivity index (χ0n) is 20.0. The standard InChI is InChI=1S/C25H24FN7O3/c1-25(2)17-19(23(34)28-11-12-36-3)29-21(30-20(17)31-24(25)35)18-15-8-6-10-27-22(15)33(32-18)13-14-7-4-5-9-16(14)26/h4-10H,11-13H2,1-3H3,(H,28,34)(H,29,30,31,35). The van der Waals surface area contributed by atoms with Crippen LogP contribution in [-0.2, 0) is 21.5 Å². The molecule has 36 heavy (non-hydrogen) atoms. The van der Waals surface area contributed by atoms with Gasteiger partial charge in [-0.05, 0) is 32.0 Å². The van der Waals surface area contributed by atoms with Crippen molar-refractivity contribution in [2.45, 2.75) is 25.8 Å². The molecule has 10 nitrogen and oxygen atoms in total. The van der Waals surface area contributed by atoms with Crippen LogP contribution in [-0.4, -0.2) is 56.8 Å². The molecule has 184 valence electrons. The number of nitrogens with one attached hydrogen (secondary N) is 2. The molecule has 1 aromatic carbocycles. The van der Waals surface area contributed by atoms with Crippen molar-refractivity contribution in [3.05, 3.63) is 65.2 Å². The van der Waals surface area contributed by atoms with Crippen LogP contribution < -0.4 is 10.6 Å². The van der Waals surface area contributed by atoms with Gasteiger partial charge in [0, 0.05) is 31.0 Å². The van der Waals surface area contributed by atoms with Gasteiger partial charge in [-0.15, -0.1) is 0 Å². The summed E-state index contributed by atoms with van der Waals surface area (Å²) in [5, 5.41) is 10.8. The number of methoxy groups -OCH3 is 1. The predicted octanol–water partition coefficient (Wildman–Crippen LogP) is 2.68. The van der Waals surface area contributed by atoms with Gasteiger partial charge in [0.2, 0.25) is 5.91 Å². The van der Waals surface area contributed by atoms with E-state index in [0.717, 1.165) is 0 Å². The van der Waals surface area contributed by atoms with E-state index in [-0.39, 0.29) is 42.2 Å². The minimum Gasteiger partial charge on any atom is -0.383 e. The first-order chi connectivity index (χ1) is 17.3. The minimum absolute atomic E-state index is 0.0788. The zero-order valence-corrected chi connectivity index (χ0v) is 20.0. The fourth-order valence-electron chi connectivity index (χ4n) is 4.21. The molecule has 3 aromatic heterocycles. The van der Waals surface area contributed by atoms with Crippen molar-refractivity contribution >= 4 is 28.7 Å². The van der Waals surface area contributed by atoms with Gasteiger partial charge in [-0.3, -0.25) is 9.59 Å². The van der Waals surface area contributed by atoms with Gasteiger partial charge >= 0.3 is 0 Å². The predicted molar refractivity (Wildman–Crippen MR) is 130 cm³/mol. The zero-order chi connectivity index (χ0) is 25.4. The maximum atomic E-state index is 14.4. The average Bonchev–Trinajstić information content (AvgIpc) is 3.34. The monoisotopic (exact) mass is 489 g/mol. The van der Waals surface area contributed by atoms with Crippen molar-refractivity contribution in [3.63, 3.8) is 0 Å². The molecule has 4 heterocycles. The van der Waals surface area contributed by atoms with Gasteiger partial charge in [-0.2, -0.15) is 5.10 Å². The van der Waals surface area contributed by atoms with Crippen LogP contribution >= 0.6 is 0 Å². The number of carbonyl (C=O) groups is 2. The van der Waals surface area contributed by atoms with Crippen molar-refractivity contribution in [2.75, 3.05) is 25.6 Å². The van der Waals surface area contributed by atoms with Gasteiger partial charge in [0.1, 0.15) is 23.0 Å². The third-order valence-electron chi connectivity index (χ3n) is 6.14. The van der Waals surface area contributed by atoms with Crippen LogP contribution in [0.15, 0.2) is 42.6 Å². The summed E-state index contributed by atoms with van der Waals surface area (Å²) in [6, 6.07) is 9.99. The lowest BCUT2D eigenvalue weighted by atomic mass is 9.85. The minimum atomic E-state index is -1.00. The molecule has 0 spiro atoms. The second kappa shape index (κ2) is 9.08. The van der Waals surface area contributed by atoms with Gasteiger partial charge in [0.15, 0.2) is 11.5 Å². The molecule has 0 saturated heterocycles. The number of fused-ring (bicyclic) bond motifs is 2. The van der Waals surface area contributed by atoms with Crippen molar-refractivity contribution in [3.8, 4) is 11.5 Å². The number of rotatable bonds is 7. The number of ether oxygens (including phenoxy) is 1. The first-order valence-electron chi connectivity index (χ1n) is 11.4. The molecule has 5 rings (SSSR count). The fourth-order valence-corrected chi connectivity index (χ4v) is 4.21. The van der Waals surface area contributed by atoms with E-state index in [1.54, 1.807) is 55.1 Å². The number of halogens is 1. The van der Waals surface area contributed by atoms with Crippen LogP contribution in [0.25, 0.3) is 22.6 Å². The number of hydrogen-bond acceptors (Lipinski definition) is 7. The maximum Gasteiger partial charge on any atom is 0.270 e. The summed E-state index contributed by atoms with van der Waals surface area (Å²) in [6.45, 7) is 4.16. The van der Waals surface area contributed by atoms with Gasteiger partial charge in [-0.1, -0.05) is 18.2 Å². The Morgan fingerprint density at radius 1 is 1.19 bits per heavy atom. The number of aromatic nitrogens is 5. The Labute approximate surface area is 205 Å². The highest BCUT2D eigenvalue weighted by Crippen LogP contribution is 2.39. The second-order valence-electron chi connectivity index (χ2n) is 8.92. The molecule has 0 radical (unpaired) electrons. The molecule has 0 fully saturated rings. The largest absolute Gasteiger partial charge is 0.383 e. The van der Waals surface area contributed by atoms with E-state index in [4.69, 9.17) is 4.74 Å². The van der Waals surface area contributed by atoms with E-state index in [9.17, 15) is 14.0 Å². The van der Waals surface area contributed by atoms with Crippen LogP contribution in [0.3, 0.4) is 0 Å². The summed E-state index contributed by atoms with van der Waals surface area (Å²) >= 11 is 0. The van der Waals surface area contributed by atoms with Gasteiger partial charge in [0.05, 0.1) is 24.0 Å². The van der Waals surface area contributed by atoms with Crippen LogP contribution in [0.5, 0.6) is 0 Å². The van der Waals surface area contributed by atoms with Crippen molar-refractivity contribution < 1.29 is 18.7 Å². The van der Waals surface area contributed by atoms with Crippen LogP contribution in [0.1, 0.15) is 35.5 Å². The van der Waals surface area contributed by atoms with E-state index >= 15 is 0 Å². The second-order valence-corrected chi connectivity index (χ2v) is 8.92. The van der Waals surface area contributed by atoms with Crippen LogP contribution in [0, 0.1) is 5.82 Å². The molecule has 2 amide bonds. The number of amides is 2. The molecule has 1 aliphatic rings. The van der Waals surface area contributed by atoms with E-state index in [1.165, 1.54) is 13.2 Å². The van der Waals surface area contributed by atoms with Crippen molar-refractivity contribution in [1.29, 1.82) is 0 Å². The summed E-state index contributed by atoms with van der Waals surface area (Å²) in [5.74, 6) is -0.690. The summed E-state index contributed by atoms with van der Waals surface area (Å²) in [6.07, 6.45) is 1.62. The topological polar surface area (TPSA) is 124 Å². The molecule has 2 N–H and O–H groups in total. The highest BCUT2D eigenvalue weighted by atomic mass is 19.1. The highest BCUT2D eigenvalue weighted by molar-refractivity contribution is 6.09. The van der Waals surface area contributed by atoms with E-state index < -0.39 is 11.3 Å². The SMILES string of the molecule is COCCNC(=O)c1nc(-c2nn(Cc3ccccc3F)c3ncccc23)nc2c1C(C)(C)C(=O)N2. The molecular weight excluding hydrogens is 465 g/mol. The number of nitrogens with zero attached hydrogens (tertiary/aromatic N) is 5. The van der Waals surface area contributed by atoms with Gasteiger partial charge in [-0.25, -0.2) is 24.0 Å². The summed E-state index contributed by atoms with van der Waals surface area (Å²) < 4.78 is 20.9. The number of benzene rings is 1. The van der Waals surface area contributed by atoms with Crippen LogP contribution in [0.2, 0.25) is 0 Å². The Kier molecular flexibility index (Phi) is 5.92. The summed E-state index contributed by atoms with van der Waals surface area (Å²) in [7, 11) is 1.54. The highest BCUT2D eigenvalue weighted by Gasteiger charge is 2.44. The number of carbonyl (C=O) groups excluding carboxylic acids is 2. The molecule has 0 atom stereocenters. The molecule has 0 saturated carbocycles. The molecule has 1 aliphatic heterocycles. The molecule has 0 aliphatic carbocycles.